The number of hydrogen-bond donors (Lipinski definition) is 1. The van der Waals surface area contributed by atoms with Crippen molar-refractivity contribution < 1.29 is 14.3 Å². The van der Waals surface area contributed by atoms with Crippen molar-refractivity contribution >= 4 is 35.0 Å². The molecule has 0 amide bonds. The molecule has 2 aromatic rings. The quantitative estimate of drug-likeness (QED) is 0.659. The maximum Gasteiger partial charge on any atom is 0.355 e. The van der Waals surface area contributed by atoms with E-state index in [1.54, 1.807) is 32.0 Å². The lowest BCUT2D eigenvalue weighted by Crippen LogP contribution is -2.07. The third-order valence-electron chi connectivity index (χ3n) is 3.35. The summed E-state index contributed by atoms with van der Waals surface area (Å²) in [7, 11) is 0. The van der Waals surface area contributed by atoms with Gasteiger partial charge in [0.2, 0.25) is 0 Å². The number of carbonyl (C=O) groups is 2. The molecule has 0 saturated heterocycles. The van der Waals surface area contributed by atoms with Crippen LogP contribution in [0.5, 0.6) is 0 Å². The molecule has 1 aromatic carbocycles. The molecule has 116 valence electrons. The number of aryl methyl sites for hydroxylation is 1. The fourth-order valence-corrected chi connectivity index (χ4v) is 2.65. The minimum absolute atomic E-state index is 0.0721. The van der Waals surface area contributed by atoms with Crippen LogP contribution in [0.4, 0.5) is 0 Å². The Bertz CT molecular complexity index is 750. The summed E-state index contributed by atoms with van der Waals surface area (Å²) >= 11 is 11.7. The Morgan fingerprint density at radius 1 is 1.18 bits per heavy atom. The lowest BCUT2D eigenvalue weighted by Gasteiger charge is -2.06. The average molecular weight is 340 g/mol. The molecular weight excluding hydrogens is 325 g/mol. The van der Waals surface area contributed by atoms with Crippen LogP contribution in [0.25, 0.3) is 0 Å². The highest BCUT2D eigenvalue weighted by atomic mass is 35.5. The van der Waals surface area contributed by atoms with Crippen LogP contribution >= 0.6 is 23.2 Å². The predicted octanol–water partition coefficient (Wildman–Crippen LogP) is 4.50. The van der Waals surface area contributed by atoms with E-state index in [0.29, 0.717) is 32.6 Å². The van der Waals surface area contributed by atoms with Crippen LogP contribution in [0.3, 0.4) is 0 Å². The van der Waals surface area contributed by atoms with Crippen LogP contribution < -0.4 is 0 Å². The molecule has 0 aliphatic rings. The maximum absolute atomic E-state index is 12.2. The molecule has 2 rings (SSSR count). The highest BCUT2D eigenvalue weighted by molar-refractivity contribution is 6.42. The van der Waals surface area contributed by atoms with Crippen molar-refractivity contribution in [1.82, 2.24) is 4.98 Å². The van der Waals surface area contributed by atoms with Crippen molar-refractivity contribution in [2.24, 2.45) is 0 Å². The maximum atomic E-state index is 12.2. The first kappa shape index (κ1) is 16.6. The normalized spacial score (nSPS) is 10.6. The van der Waals surface area contributed by atoms with Crippen LogP contribution in [0.15, 0.2) is 18.2 Å². The monoisotopic (exact) mass is 339 g/mol. The van der Waals surface area contributed by atoms with E-state index in [1.165, 1.54) is 6.92 Å². The first-order valence-electron chi connectivity index (χ1n) is 6.62. The molecule has 0 saturated carbocycles. The van der Waals surface area contributed by atoms with Gasteiger partial charge in [0.25, 0.3) is 0 Å². The van der Waals surface area contributed by atoms with Gasteiger partial charge in [-0.15, -0.1) is 0 Å². The zero-order valence-electron chi connectivity index (χ0n) is 12.4. The molecular formula is C16H15Cl2NO3. The molecule has 0 bridgehead atoms. The Morgan fingerprint density at radius 3 is 2.41 bits per heavy atom. The van der Waals surface area contributed by atoms with Gasteiger partial charge in [-0.05, 0) is 44.0 Å². The van der Waals surface area contributed by atoms with Crippen molar-refractivity contribution in [3.8, 4) is 0 Å². The molecule has 0 aliphatic heterocycles. The Balaban J connectivity index is 2.14. The minimum atomic E-state index is -0.515. The number of esters is 1. The summed E-state index contributed by atoms with van der Waals surface area (Å²) in [6.45, 7) is 5.01. The minimum Gasteiger partial charge on any atom is -0.456 e. The summed E-state index contributed by atoms with van der Waals surface area (Å²) in [5, 5.41) is 0.847. The van der Waals surface area contributed by atoms with Gasteiger partial charge < -0.3 is 9.72 Å². The number of rotatable bonds is 4. The van der Waals surface area contributed by atoms with Crippen molar-refractivity contribution in [2.75, 3.05) is 0 Å². The predicted molar refractivity (Wildman–Crippen MR) is 85.9 cm³/mol. The summed E-state index contributed by atoms with van der Waals surface area (Å²) in [6, 6.07) is 5.02. The lowest BCUT2D eigenvalue weighted by molar-refractivity contribution is 0.0465. The smallest absolute Gasteiger partial charge is 0.355 e. The molecule has 1 N–H and O–H groups in total. The third-order valence-corrected chi connectivity index (χ3v) is 4.09. The number of benzene rings is 1. The molecule has 0 radical (unpaired) electrons. The fourth-order valence-electron chi connectivity index (χ4n) is 2.33. The zero-order chi connectivity index (χ0) is 16.4. The van der Waals surface area contributed by atoms with Gasteiger partial charge in [-0.2, -0.15) is 0 Å². The summed E-state index contributed by atoms with van der Waals surface area (Å²) in [5.74, 6) is -0.603. The Kier molecular flexibility index (Phi) is 4.94. The number of hydrogen-bond acceptors (Lipinski definition) is 3. The van der Waals surface area contributed by atoms with E-state index in [2.05, 4.69) is 4.98 Å². The molecule has 0 fully saturated rings. The van der Waals surface area contributed by atoms with Crippen LogP contribution in [0.1, 0.15) is 44.6 Å². The number of Topliss-reactive ketones (excluding diaryl/α,β-unsaturated/α-hetero) is 1. The van der Waals surface area contributed by atoms with Gasteiger partial charge in [0, 0.05) is 11.3 Å². The highest BCUT2D eigenvalue weighted by Crippen LogP contribution is 2.23. The summed E-state index contributed by atoms with van der Waals surface area (Å²) in [4.78, 5) is 26.6. The summed E-state index contributed by atoms with van der Waals surface area (Å²) in [5.41, 5.74) is 2.82. The Labute approximate surface area is 138 Å². The summed E-state index contributed by atoms with van der Waals surface area (Å²) < 4.78 is 5.25. The van der Waals surface area contributed by atoms with Crippen LogP contribution in [0.2, 0.25) is 10.0 Å². The van der Waals surface area contributed by atoms with E-state index < -0.39 is 5.97 Å². The van der Waals surface area contributed by atoms with Gasteiger partial charge >= 0.3 is 5.97 Å². The first-order valence-corrected chi connectivity index (χ1v) is 7.38. The number of ketones is 1. The molecule has 0 atom stereocenters. The number of aromatic nitrogens is 1. The number of ether oxygens (including phenoxy) is 1. The lowest BCUT2D eigenvalue weighted by atomic mass is 10.1. The van der Waals surface area contributed by atoms with E-state index in [-0.39, 0.29) is 12.4 Å². The van der Waals surface area contributed by atoms with Crippen LogP contribution in [-0.4, -0.2) is 16.7 Å². The standard InChI is InChI=1S/C16H15Cl2NO3/c1-8-14(10(3)20)9(2)19-15(8)16(21)22-7-11-4-5-12(17)13(18)6-11/h4-6,19H,7H2,1-3H3. The number of carbonyl (C=O) groups excluding carboxylic acids is 2. The van der Waals surface area contributed by atoms with Crippen molar-refractivity contribution in [3.05, 3.63) is 56.3 Å². The second kappa shape index (κ2) is 6.55. The number of aromatic amines is 1. The molecule has 1 heterocycles. The summed E-state index contributed by atoms with van der Waals surface area (Å²) in [6.07, 6.45) is 0. The van der Waals surface area contributed by atoms with Crippen molar-refractivity contribution in [2.45, 2.75) is 27.4 Å². The molecule has 0 spiro atoms. The van der Waals surface area contributed by atoms with E-state index in [1.807, 2.05) is 0 Å². The second-order valence-corrected chi connectivity index (χ2v) is 5.82. The molecule has 6 heteroatoms. The van der Waals surface area contributed by atoms with Crippen molar-refractivity contribution in [3.63, 3.8) is 0 Å². The topological polar surface area (TPSA) is 59.2 Å². The Morgan fingerprint density at radius 2 is 1.86 bits per heavy atom. The first-order chi connectivity index (χ1) is 10.3. The zero-order valence-corrected chi connectivity index (χ0v) is 13.9. The largest absolute Gasteiger partial charge is 0.456 e. The van der Waals surface area contributed by atoms with Crippen molar-refractivity contribution in [1.29, 1.82) is 0 Å². The van der Waals surface area contributed by atoms with E-state index in [0.717, 1.165) is 5.56 Å². The Hall–Kier alpha value is -1.78. The van der Waals surface area contributed by atoms with Gasteiger partial charge in [0.15, 0.2) is 5.78 Å². The van der Waals surface area contributed by atoms with Gasteiger partial charge in [-0.1, -0.05) is 29.3 Å². The second-order valence-electron chi connectivity index (χ2n) is 5.01. The molecule has 22 heavy (non-hydrogen) atoms. The van der Waals surface area contributed by atoms with Gasteiger partial charge in [0.05, 0.1) is 10.0 Å². The number of nitrogens with one attached hydrogen (secondary N) is 1. The van der Waals surface area contributed by atoms with E-state index >= 15 is 0 Å². The van der Waals surface area contributed by atoms with E-state index in [4.69, 9.17) is 27.9 Å². The number of H-pyrrole nitrogens is 1. The SMILES string of the molecule is CC(=O)c1c(C)[nH]c(C(=O)OCc2ccc(Cl)c(Cl)c2)c1C. The highest BCUT2D eigenvalue weighted by Gasteiger charge is 2.20. The molecule has 0 unspecified atom stereocenters. The van der Waals surface area contributed by atoms with Gasteiger partial charge in [-0.3, -0.25) is 4.79 Å². The number of halogens is 2. The van der Waals surface area contributed by atoms with Gasteiger partial charge in [-0.25, -0.2) is 4.79 Å². The molecule has 1 aromatic heterocycles. The van der Waals surface area contributed by atoms with Crippen LogP contribution in [0, 0.1) is 13.8 Å². The average Bonchev–Trinajstić information content (AvgIpc) is 2.75. The van der Waals surface area contributed by atoms with Gasteiger partial charge in [0.1, 0.15) is 12.3 Å². The fraction of sp³-hybridized carbons (Fsp3) is 0.250. The van der Waals surface area contributed by atoms with Crippen LogP contribution in [-0.2, 0) is 11.3 Å². The van der Waals surface area contributed by atoms with E-state index in [9.17, 15) is 9.59 Å². The molecule has 0 aliphatic carbocycles. The third kappa shape index (κ3) is 3.34. The molecule has 4 nitrogen and oxygen atoms in total.